The van der Waals surface area contributed by atoms with Crippen LogP contribution >= 0.6 is 0 Å². The van der Waals surface area contributed by atoms with Crippen molar-refractivity contribution in [3.63, 3.8) is 0 Å². The molecule has 0 saturated heterocycles. The van der Waals surface area contributed by atoms with Crippen molar-refractivity contribution in [2.45, 2.75) is 47.0 Å². The molecule has 0 fully saturated rings. The predicted molar refractivity (Wildman–Crippen MR) is 117 cm³/mol. The molecular weight excluding hydrogens is 364 g/mol. The van der Waals surface area contributed by atoms with Gasteiger partial charge in [0.25, 0.3) is 5.88 Å². The monoisotopic (exact) mass is 396 g/mol. The fraction of sp³-hybridized carbons (Fsp3) is 0.435. The first-order chi connectivity index (χ1) is 13.6. The van der Waals surface area contributed by atoms with Gasteiger partial charge in [0.05, 0.1) is 0 Å². The van der Waals surface area contributed by atoms with E-state index in [9.17, 15) is 9.90 Å². The van der Waals surface area contributed by atoms with Crippen LogP contribution in [0.2, 0.25) is 0 Å². The second kappa shape index (κ2) is 9.54. The van der Waals surface area contributed by atoms with Crippen molar-refractivity contribution >= 4 is 12.0 Å². The summed E-state index contributed by atoms with van der Waals surface area (Å²) in [6.07, 6.45) is 14.8. The highest BCUT2D eigenvalue weighted by molar-refractivity contribution is 5.94. The van der Waals surface area contributed by atoms with Crippen molar-refractivity contribution in [3.8, 4) is 5.88 Å². The summed E-state index contributed by atoms with van der Waals surface area (Å²) < 4.78 is 0. The molecule has 0 aliphatic heterocycles. The molecule has 0 unspecified atom stereocenters. The fourth-order valence-corrected chi connectivity index (χ4v) is 3.43. The molecule has 0 bridgehead atoms. The SMILES string of the molecule is CC(/C=C/C1=C(C(=O)N(C)C)CCCC1(C)C)=C\C=C\C(C)=C\c1[nH]nnc1O. The molecule has 1 heterocycles. The van der Waals surface area contributed by atoms with Crippen LogP contribution < -0.4 is 0 Å². The molecule has 1 aliphatic carbocycles. The van der Waals surface area contributed by atoms with Crippen LogP contribution in [-0.4, -0.2) is 45.4 Å². The van der Waals surface area contributed by atoms with Gasteiger partial charge in [-0.2, -0.15) is 0 Å². The van der Waals surface area contributed by atoms with Gasteiger partial charge in [-0.05, 0) is 55.7 Å². The standard InChI is InChI=1S/C23H32N4O2/c1-16(9-7-10-17(2)15-20-21(28)25-26-24-20)12-13-19-18(22(29)27(5)6)11-8-14-23(19,3)4/h7,9-10,12-13,15H,8,11,14H2,1-6H3,(H2,24,25,26,28)/b10-7+,13-12+,16-9+,17-15+. The van der Waals surface area contributed by atoms with E-state index in [0.29, 0.717) is 5.69 Å². The van der Waals surface area contributed by atoms with Crippen LogP contribution in [0.4, 0.5) is 0 Å². The fourth-order valence-electron chi connectivity index (χ4n) is 3.43. The lowest BCUT2D eigenvalue weighted by atomic mass is 9.72. The Balaban J connectivity index is 2.18. The highest BCUT2D eigenvalue weighted by Gasteiger charge is 2.31. The van der Waals surface area contributed by atoms with Gasteiger partial charge in [-0.3, -0.25) is 9.89 Å². The number of hydrogen-bond donors (Lipinski definition) is 2. The summed E-state index contributed by atoms with van der Waals surface area (Å²) in [5.74, 6) is -0.00452. The summed E-state index contributed by atoms with van der Waals surface area (Å²) in [6, 6.07) is 0. The van der Waals surface area contributed by atoms with Crippen LogP contribution in [0.15, 0.2) is 52.7 Å². The number of nitrogens with zero attached hydrogens (tertiary/aromatic N) is 3. The van der Waals surface area contributed by atoms with Gasteiger partial charge >= 0.3 is 0 Å². The van der Waals surface area contributed by atoms with E-state index in [1.165, 1.54) is 0 Å². The van der Waals surface area contributed by atoms with Crippen molar-refractivity contribution in [3.05, 3.63) is 58.4 Å². The van der Waals surface area contributed by atoms with Crippen molar-refractivity contribution in [1.82, 2.24) is 20.3 Å². The first-order valence-corrected chi connectivity index (χ1v) is 9.88. The number of amides is 1. The summed E-state index contributed by atoms with van der Waals surface area (Å²) in [5, 5.41) is 19.2. The summed E-state index contributed by atoms with van der Waals surface area (Å²) in [5.41, 5.74) is 4.58. The van der Waals surface area contributed by atoms with Crippen LogP contribution in [0.5, 0.6) is 5.88 Å². The molecule has 0 spiro atoms. The van der Waals surface area contributed by atoms with Crippen LogP contribution in [-0.2, 0) is 4.79 Å². The number of carbonyl (C=O) groups is 1. The number of H-pyrrole nitrogens is 1. The molecule has 0 aromatic carbocycles. The van der Waals surface area contributed by atoms with Crippen molar-refractivity contribution < 1.29 is 9.90 Å². The van der Waals surface area contributed by atoms with E-state index < -0.39 is 0 Å². The third kappa shape index (κ3) is 6.04. The van der Waals surface area contributed by atoms with Gasteiger partial charge in [-0.1, -0.05) is 60.1 Å². The molecule has 29 heavy (non-hydrogen) atoms. The molecule has 2 rings (SSSR count). The Morgan fingerprint density at radius 2 is 1.93 bits per heavy atom. The van der Waals surface area contributed by atoms with E-state index in [4.69, 9.17) is 0 Å². The summed E-state index contributed by atoms with van der Waals surface area (Å²) in [4.78, 5) is 14.3. The molecule has 0 saturated carbocycles. The first kappa shape index (κ1) is 22.4. The third-order valence-electron chi connectivity index (χ3n) is 5.11. The number of allylic oxidation sites excluding steroid dienone is 8. The van der Waals surface area contributed by atoms with Gasteiger partial charge in [-0.15, -0.1) is 0 Å². The summed E-state index contributed by atoms with van der Waals surface area (Å²) in [6.45, 7) is 8.39. The van der Waals surface area contributed by atoms with Crippen LogP contribution in [0.3, 0.4) is 0 Å². The quantitative estimate of drug-likeness (QED) is 0.690. The number of aromatic hydroxyl groups is 1. The molecule has 2 N–H and O–H groups in total. The maximum Gasteiger partial charge on any atom is 0.258 e. The molecule has 1 aliphatic rings. The Labute approximate surface area is 173 Å². The van der Waals surface area contributed by atoms with Crippen molar-refractivity contribution in [2.24, 2.45) is 5.41 Å². The van der Waals surface area contributed by atoms with Gasteiger partial charge in [0.2, 0.25) is 5.91 Å². The highest BCUT2D eigenvalue weighted by Crippen LogP contribution is 2.41. The lowest BCUT2D eigenvalue weighted by molar-refractivity contribution is -0.125. The Morgan fingerprint density at radius 1 is 1.21 bits per heavy atom. The number of rotatable bonds is 6. The van der Waals surface area contributed by atoms with E-state index in [1.807, 2.05) is 46.2 Å². The molecule has 0 radical (unpaired) electrons. The summed E-state index contributed by atoms with van der Waals surface area (Å²) >= 11 is 0. The van der Waals surface area contributed by atoms with Crippen molar-refractivity contribution in [1.29, 1.82) is 0 Å². The highest BCUT2D eigenvalue weighted by atomic mass is 16.3. The van der Waals surface area contributed by atoms with Crippen LogP contribution in [0.1, 0.15) is 52.7 Å². The third-order valence-corrected chi connectivity index (χ3v) is 5.11. The maximum absolute atomic E-state index is 12.6. The summed E-state index contributed by atoms with van der Waals surface area (Å²) in [7, 11) is 3.62. The molecule has 1 aromatic heterocycles. The number of carbonyl (C=O) groups excluding carboxylic acids is 1. The number of hydrogen-bond acceptors (Lipinski definition) is 4. The Morgan fingerprint density at radius 3 is 2.55 bits per heavy atom. The Kier molecular flexibility index (Phi) is 7.37. The second-order valence-corrected chi connectivity index (χ2v) is 8.37. The number of aromatic nitrogens is 3. The molecule has 6 nitrogen and oxygen atoms in total. The second-order valence-electron chi connectivity index (χ2n) is 8.37. The number of aromatic amines is 1. The molecule has 1 aromatic rings. The average molecular weight is 397 g/mol. The van der Waals surface area contributed by atoms with E-state index in [1.54, 1.807) is 11.0 Å². The minimum absolute atomic E-state index is 0.00862. The molecule has 0 atom stereocenters. The molecular formula is C23H32N4O2. The lowest BCUT2D eigenvalue weighted by Crippen LogP contribution is -2.30. The minimum atomic E-state index is -0.112. The molecule has 6 heteroatoms. The zero-order valence-electron chi connectivity index (χ0n) is 18.3. The normalized spacial score (nSPS) is 18.1. The lowest BCUT2D eigenvalue weighted by Gasteiger charge is -2.34. The van der Waals surface area contributed by atoms with E-state index in [2.05, 4.69) is 41.4 Å². The first-order valence-electron chi connectivity index (χ1n) is 9.88. The van der Waals surface area contributed by atoms with Gasteiger partial charge in [0, 0.05) is 19.7 Å². The predicted octanol–water partition coefficient (Wildman–Crippen LogP) is 4.57. The van der Waals surface area contributed by atoms with Crippen LogP contribution in [0.25, 0.3) is 6.08 Å². The smallest absolute Gasteiger partial charge is 0.258 e. The van der Waals surface area contributed by atoms with Gasteiger partial charge in [-0.25, -0.2) is 0 Å². The van der Waals surface area contributed by atoms with Gasteiger partial charge < -0.3 is 10.0 Å². The zero-order valence-corrected chi connectivity index (χ0v) is 18.3. The minimum Gasteiger partial charge on any atom is -0.491 e. The number of likely N-dealkylation sites (N-methyl/N-ethyl adjacent to an activating group) is 1. The van der Waals surface area contributed by atoms with E-state index in [-0.39, 0.29) is 17.2 Å². The Hall–Kier alpha value is -2.89. The van der Waals surface area contributed by atoms with Crippen LogP contribution in [0, 0.1) is 5.41 Å². The largest absolute Gasteiger partial charge is 0.491 e. The van der Waals surface area contributed by atoms with E-state index >= 15 is 0 Å². The Bertz CT molecular complexity index is 896. The van der Waals surface area contributed by atoms with E-state index in [0.717, 1.165) is 41.6 Å². The van der Waals surface area contributed by atoms with Crippen molar-refractivity contribution in [2.75, 3.05) is 14.1 Å². The zero-order chi connectivity index (χ0) is 21.6. The molecule has 156 valence electrons. The maximum atomic E-state index is 12.6. The average Bonchev–Trinajstić information content (AvgIpc) is 3.03. The topological polar surface area (TPSA) is 82.1 Å². The van der Waals surface area contributed by atoms with Gasteiger partial charge in [0.15, 0.2) is 0 Å². The molecule has 1 amide bonds. The van der Waals surface area contributed by atoms with Gasteiger partial charge in [0.1, 0.15) is 5.69 Å². The number of nitrogens with one attached hydrogen (secondary N) is 1.